The summed E-state index contributed by atoms with van der Waals surface area (Å²) >= 11 is 0. The second-order valence-electron chi connectivity index (χ2n) is 11.6. The zero-order valence-corrected chi connectivity index (χ0v) is 29.0. The number of quaternary nitrogens is 2. The van der Waals surface area contributed by atoms with Crippen LogP contribution in [0, 0.1) is 0 Å². The van der Waals surface area contributed by atoms with Gasteiger partial charge in [0.1, 0.15) is 6.04 Å². The van der Waals surface area contributed by atoms with Gasteiger partial charge < -0.3 is 42.8 Å². The first-order valence-corrected chi connectivity index (χ1v) is 15.9. The molecule has 13 heteroatoms. The van der Waals surface area contributed by atoms with E-state index < -0.39 is 20.7 Å². The molecule has 0 aromatic heterocycles. The quantitative estimate of drug-likeness (QED) is 0.203. The predicted molar refractivity (Wildman–Crippen MR) is 165 cm³/mol. The summed E-state index contributed by atoms with van der Waals surface area (Å²) in [4.78, 5) is 52.4. The lowest BCUT2D eigenvalue weighted by Crippen LogP contribution is -2.63. The van der Waals surface area contributed by atoms with Gasteiger partial charge in [-0.2, -0.15) is 0 Å². The molecule has 1 aliphatic rings. The van der Waals surface area contributed by atoms with Crippen molar-refractivity contribution in [2.75, 3.05) is 102 Å². The number of methoxy groups -OCH3 is 1. The lowest BCUT2D eigenvalue weighted by atomic mass is 10.1. The first kappa shape index (κ1) is 41.7. The lowest BCUT2D eigenvalue weighted by molar-refractivity contribution is -0.870. The minimum Gasteiger partial charge on any atom is -0.382 e. The molecule has 0 aromatic rings. The molecule has 1 rings (SSSR count). The third-order valence-corrected chi connectivity index (χ3v) is 6.73. The molecule has 244 valence electrons. The van der Waals surface area contributed by atoms with Crippen molar-refractivity contribution in [3.8, 4) is 0 Å². The van der Waals surface area contributed by atoms with E-state index in [1.165, 1.54) is 14.2 Å². The molecule has 12 nitrogen and oxygen atoms in total. The van der Waals surface area contributed by atoms with Crippen LogP contribution in [-0.4, -0.2) is 156 Å². The van der Waals surface area contributed by atoms with Crippen LogP contribution in [0.2, 0.25) is 0 Å². The number of nitrogens with one attached hydrogen (secondary N) is 1. The Labute approximate surface area is 251 Å². The number of piperazine rings is 1. The molecule has 3 amide bonds. The zero-order valence-electron chi connectivity index (χ0n) is 28.1. The van der Waals surface area contributed by atoms with Crippen LogP contribution in [0.1, 0.15) is 53.4 Å². The van der Waals surface area contributed by atoms with Crippen LogP contribution in [0.5, 0.6) is 0 Å². The van der Waals surface area contributed by atoms with Gasteiger partial charge in [0.25, 0.3) is 0 Å². The summed E-state index contributed by atoms with van der Waals surface area (Å²) in [6.45, 7) is 10.7. The van der Waals surface area contributed by atoms with Crippen LogP contribution in [0.3, 0.4) is 0 Å². The second kappa shape index (κ2) is 22.2. The summed E-state index contributed by atoms with van der Waals surface area (Å²) < 4.78 is 16.7. The largest absolute Gasteiger partial charge is 0.382 e. The van der Waals surface area contributed by atoms with Gasteiger partial charge in [-0.25, -0.2) is 0 Å². The summed E-state index contributed by atoms with van der Waals surface area (Å²) in [5.41, 5.74) is 0. The highest BCUT2D eigenvalue weighted by Gasteiger charge is 2.37. The number of ether oxygens (including phenoxy) is 1. The van der Waals surface area contributed by atoms with Gasteiger partial charge in [-0.3, -0.25) is 14.4 Å². The molecule has 2 N–H and O–H groups in total. The molecule has 0 aromatic carbocycles. The molecular formula is C28H62N5O7P+2. The van der Waals surface area contributed by atoms with Gasteiger partial charge in [-0.15, -0.1) is 0 Å². The van der Waals surface area contributed by atoms with E-state index in [0.717, 1.165) is 28.5 Å². The van der Waals surface area contributed by atoms with Crippen molar-refractivity contribution in [2.45, 2.75) is 65.5 Å². The van der Waals surface area contributed by atoms with Crippen molar-refractivity contribution in [2.24, 2.45) is 0 Å². The Bertz CT molecular complexity index is 732. The Morgan fingerprint density at radius 3 is 1.85 bits per heavy atom. The van der Waals surface area contributed by atoms with Crippen LogP contribution in [0.25, 0.3) is 0 Å². The highest BCUT2D eigenvalue weighted by molar-refractivity contribution is 7.40. The minimum absolute atomic E-state index is 0.00817. The van der Waals surface area contributed by atoms with E-state index in [4.69, 9.17) is 13.8 Å². The van der Waals surface area contributed by atoms with E-state index in [2.05, 4.69) is 47.6 Å². The Morgan fingerprint density at radius 2 is 1.39 bits per heavy atom. The van der Waals surface area contributed by atoms with Crippen molar-refractivity contribution in [1.82, 2.24) is 15.1 Å². The number of rotatable bonds is 16. The molecule has 41 heavy (non-hydrogen) atoms. The summed E-state index contributed by atoms with van der Waals surface area (Å²) in [6, 6.07) is -1.37. The fourth-order valence-electron chi connectivity index (χ4n) is 4.08. The number of hydrogen-bond donors (Lipinski definition) is 2. The predicted octanol–water partition coefficient (Wildman–Crippen LogP) is 2.06. The molecule has 3 atom stereocenters. The summed E-state index contributed by atoms with van der Waals surface area (Å²) in [7, 11) is 13.2. The first-order valence-electron chi connectivity index (χ1n) is 14.8. The Hall–Kier alpha value is -1.40. The molecule has 1 heterocycles. The molecule has 1 aliphatic heterocycles. The van der Waals surface area contributed by atoms with Crippen LogP contribution >= 0.6 is 8.60 Å². The Balaban J connectivity index is 0. The molecule has 0 aliphatic carbocycles. The van der Waals surface area contributed by atoms with Crippen molar-refractivity contribution < 1.29 is 42.0 Å². The van der Waals surface area contributed by atoms with E-state index in [-0.39, 0.29) is 37.5 Å². The van der Waals surface area contributed by atoms with Crippen molar-refractivity contribution in [3.63, 3.8) is 0 Å². The highest BCUT2D eigenvalue weighted by Crippen LogP contribution is 2.31. The first-order chi connectivity index (χ1) is 19.2. The summed E-state index contributed by atoms with van der Waals surface area (Å²) in [5.74, 6) is -0.483. The molecule has 0 saturated carbocycles. The van der Waals surface area contributed by atoms with E-state index in [0.29, 0.717) is 32.4 Å². The molecule has 0 spiro atoms. The summed E-state index contributed by atoms with van der Waals surface area (Å²) in [5, 5.41) is 2.87. The molecule has 0 bridgehead atoms. The number of carbonyl (C=O) groups excluding carboxylic acids is 3. The fraction of sp³-hybridized carbons (Fsp3) is 0.893. The normalized spacial score (nSPS) is 17.0. The maximum atomic E-state index is 13.4. The van der Waals surface area contributed by atoms with Crippen LogP contribution in [-0.2, 0) is 28.2 Å². The molecule has 0 radical (unpaired) electrons. The third kappa shape index (κ3) is 19.4. The monoisotopic (exact) mass is 611 g/mol. The molecule has 3 unspecified atom stereocenters. The smallest absolute Gasteiger partial charge is 0.329 e. The zero-order chi connectivity index (χ0) is 32.2. The SMILES string of the molecule is CC.CC.COCC(COP(O)OC)NC(=O)C1CN(C(=O)CCC[N+](C)(C)C)CCN1C(=O)CCC[N+](C)(C)C. The number of hydrogen-bond acceptors (Lipinski definition) is 7. The van der Waals surface area contributed by atoms with Gasteiger partial charge in [-0.05, 0) is 0 Å². The maximum Gasteiger partial charge on any atom is 0.329 e. The van der Waals surface area contributed by atoms with Gasteiger partial charge in [0.05, 0.1) is 81.2 Å². The Morgan fingerprint density at radius 1 is 0.878 bits per heavy atom. The summed E-state index contributed by atoms with van der Waals surface area (Å²) in [6.07, 6.45) is 2.20. The standard InChI is InChI=1S/C24H49N5O7P.2C2H6/c1-28(2,3)15-9-11-22(30)26-13-14-27(23(31)12-10-16-29(4,5)6)21(17-26)24(32)25-20(18-34-7)19-36-37(33)35-8;2*1-2/h20-21,33H,9-19H2,1-8H3;2*1-2H3/q+1;;/p+1. The lowest BCUT2D eigenvalue weighted by Gasteiger charge is -2.41. The Kier molecular flexibility index (Phi) is 22.6. The molecule has 1 fully saturated rings. The average Bonchev–Trinajstić information content (AvgIpc) is 2.91. The second-order valence-corrected chi connectivity index (χ2v) is 12.7. The van der Waals surface area contributed by atoms with Crippen LogP contribution in [0.15, 0.2) is 0 Å². The van der Waals surface area contributed by atoms with Gasteiger partial charge in [-0.1, -0.05) is 27.7 Å². The van der Waals surface area contributed by atoms with Gasteiger partial charge in [0.15, 0.2) is 0 Å². The highest BCUT2D eigenvalue weighted by atomic mass is 31.2. The number of carbonyl (C=O) groups is 3. The minimum atomic E-state index is -2.05. The number of nitrogens with zero attached hydrogens (tertiary/aromatic N) is 4. The number of amides is 3. The fourth-order valence-corrected chi connectivity index (χ4v) is 4.49. The van der Waals surface area contributed by atoms with Crippen molar-refractivity contribution in [1.29, 1.82) is 0 Å². The van der Waals surface area contributed by atoms with E-state index in [1.807, 2.05) is 27.7 Å². The van der Waals surface area contributed by atoms with Gasteiger partial charge in [0.2, 0.25) is 17.7 Å². The molecule has 1 saturated heterocycles. The van der Waals surface area contributed by atoms with Crippen LogP contribution < -0.4 is 5.32 Å². The van der Waals surface area contributed by atoms with Crippen LogP contribution in [0.4, 0.5) is 0 Å². The van der Waals surface area contributed by atoms with E-state index in [9.17, 15) is 19.3 Å². The molecular weight excluding hydrogens is 549 g/mol. The maximum absolute atomic E-state index is 13.4. The van der Waals surface area contributed by atoms with Crippen molar-refractivity contribution in [3.05, 3.63) is 0 Å². The topological polar surface area (TPSA) is 118 Å². The third-order valence-electron chi connectivity index (χ3n) is 6.05. The van der Waals surface area contributed by atoms with Gasteiger partial charge >= 0.3 is 8.60 Å². The van der Waals surface area contributed by atoms with E-state index in [1.54, 1.807) is 9.80 Å². The van der Waals surface area contributed by atoms with Crippen molar-refractivity contribution >= 4 is 26.3 Å². The van der Waals surface area contributed by atoms with E-state index >= 15 is 0 Å². The van der Waals surface area contributed by atoms with Gasteiger partial charge in [0, 0.05) is 53.0 Å². The average molecular weight is 612 g/mol.